The zero-order valence-electron chi connectivity index (χ0n) is 19.9. The van der Waals surface area contributed by atoms with Crippen molar-refractivity contribution < 1.29 is 34.1 Å². The van der Waals surface area contributed by atoms with E-state index in [0.717, 1.165) is 0 Å². The maximum Gasteiger partial charge on any atom is 0.347 e. The average Bonchev–Trinajstić information content (AvgIpc) is 2.95. The summed E-state index contributed by atoms with van der Waals surface area (Å²) in [7, 11) is 0. The molecule has 0 unspecified atom stereocenters. The minimum atomic E-state index is -1.39. The Hall–Kier alpha value is -5.70. The molecule has 0 atom stereocenters. The quantitative estimate of drug-likeness (QED) is 0.177. The van der Waals surface area contributed by atoms with Crippen molar-refractivity contribution in [2.75, 3.05) is 0 Å². The summed E-state index contributed by atoms with van der Waals surface area (Å²) in [6.07, 6.45) is 3.22. The van der Waals surface area contributed by atoms with Gasteiger partial charge in [0.25, 0.3) is 0 Å². The number of rotatable bonds is 4. The van der Waals surface area contributed by atoms with E-state index in [-0.39, 0.29) is 33.0 Å². The van der Waals surface area contributed by atoms with Crippen LogP contribution in [0.1, 0.15) is 41.4 Å². The van der Waals surface area contributed by atoms with E-state index in [1.165, 1.54) is 24.3 Å². The third-order valence-electron chi connectivity index (χ3n) is 6.62. The highest BCUT2D eigenvalue weighted by Crippen LogP contribution is 2.32. The highest BCUT2D eigenvalue weighted by molar-refractivity contribution is 6.22. The number of carboxylic acid groups (broad SMARTS) is 2. The van der Waals surface area contributed by atoms with Gasteiger partial charge < -0.3 is 14.9 Å². The van der Waals surface area contributed by atoms with Crippen molar-refractivity contribution in [1.82, 2.24) is 9.97 Å². The lowest BCUT2D eigenvalue weighted by Gasteiger charge is -2.13. The first kappa shape index (κ1) is 23.7. The number of nitrogens with zero attached hydrogens (tertiary/aromatic N) is 2. The van der Waals surface area contributed by atoms with Gasteiger partial charge in [0, 0.05) is 23.2 Å². The van der Waals surface area contributed by atoms with Crippen molar-refractivity contribution in [2.24, 2.45) is 0 Å². The first-order chi connectivity index (χ1) is 18.8. The molecule has 2 heterocycles. The fraction of sp³-hybridized carbons (Fsp3) is 0. The lowest BCUT2D eigenvalue weighted by atomic mass is 9.95. The van der Waals surface area contributed by atoms with Gasteiger partial charge in [-0.25, -0.2) is 19.2 Å². The Bertz CT molecular complexity index is 1900. The van der Waals surface area contributed by atoms with E-state index in [2.05, 4.69) is 9.97 Å². The third kappa shape index (κ3) is 3.80. The molecule has 0 radical (unpaired) electrons. The topological polar surface area (TPSA) is 144 Å². The number of hydrogen-bond donors (Lipinski definition) is 2. The van der Waals surface area contributed by atoms with Crippen LogP contribution in [0, 0.1) is 0 Å². The van der Waals surface area contributed by atoms with Crippen molar-refractivity contribution in [3.05, 3.63) is 107 Å². The van der Waals surface area contributed by atoms with E-state index in [0.29, 0.717) is 32.6 Å². The number of hydrogen-bond acceptors (Lipinski definition) is 7. The molecule has 6 aromatic rings. The van der Waals surface area contributed by atoms with Crippen molar-refractivity contribution in [1.29, 1.82) is 0 Å². The molecule has 9 heteroatoms. The fourth-order valence-corrected chi connectivity index (χ4v) is 4.92. The second kappa shape index (κ2) is 9.00. The Balaban J connectivity index is 1.52. The second-order valence-electron chi connectivity index (χ2n) is 8.73. The van der Waals surface area contributed by atoms with Crippen LogP contribution in [0.5, 0.6) is 0 Å². The van der Waals surface area contributed by atoms with Gasteiger partial charge in [-0.3, -0.25) is 9.97 Å². The Labute approximate surface area is 218 Å². The molecule has 0 bridgehead atoms. The predicted molar refractivity (Wildman–Crippen MR) is 142 cm³/mol. The van der Waals surface area contributed by atoms with Crippen molar-refractivity contribution >= 4 is 67.2 Å². The van der Waals surface area contributed by atoms with Crippen LogP contribution < -0.4 is 0 Å². The van der Waals surface area contributed by atoms with Crippen LogP contribution in [0.15, 0.2) is 85.2 Å². The van der Waals surface area contributed by atoms with Crippen LogP contribution in [0.3, 0.4) is 0 Å². The lowest BCUT2D eigenvalue weighted by molar-refractivity contribution is 0.0389. The number of benzene rings is 4. The summed E-state index contributed by atoms with van der Waals surface area (Å²) in [5.74, 6) is -5.22. The summed E-state index contributed by atoms with van der Waals surface area (Å²) in [5.41, 5.74) is -0.121. The van der Waals surface area contributed by atoms with Gasteiger partial charge in [0.2, 0.25) is 0 Å². The van der Waals surface area contributed by atoms with Crippen LogP contribution >= 0.6 is 0 Å². The molecule has 9 nitrogen and oxygen atoms in total. The normalized spacial score (nSPS) is 11.2. The summed E-state index contributed by atoms with van der Waals surface area (Å²) in [4.78, 5) is 59.6. The van der Waals surface area contributed by atoms with E-state index in [9.17, 15) is 29.4 Å². The van der Waals surface area contributed by atoms with Crippen molar-refractivity contribution in [3.8, 4) is 0 Å². The number of fused-ring (bicyclic) bond motifs is 6. The van der Waals surface area contributed by atoms with E-state index in [4.69, 9.17) is 4.74 Å². The number of ether oxygens (including phenoxy) is 1. The molecule has 39 heavy (non-hydrogen) atoms. The van der Waals surface area contributed by atoms with Crippen LogP contribution in [0.25, 0.3) is 43.4 Å². The monoisotopic (exact) mass is 516 g/mol. The second-order valence-corrected chi connectivity index (χ2v) is 8.73. The maximum absolute atomic E-state index is 13.5. The third-order valence-corrected chi connectivity index (χ3v) is 6.62. The average molecular weight is 516 g/mol. The lowest BCUT2D eigenvalue weighted by Crippen LogP contribution is -2.19. The van der Waals surface area contributed by atoms with Crippen LogP contribution in [-0.2, 0) is 4.74 Å². The van der Waals surface area contributed by atoms with Crippen LogP contribution in [-0.4, -0.2) is 44.1 Å². The SMILES string of the molecule is O=C(O)c1ccc2c(ccc3ncccc32)c1C(=O)OC(=O)c1c(C(=O)O)ccc2c1ccc1ncccc12. The molecule has 0 saturated heterocycles. The summed E-state index contributed by atoms with van der Waals surface area (Å²) < 4.78 is 5.21. The Kier molecular flexibility index (Phi) is 5.46. The molecule has 188 valence electrons. The van der Waals surface area contributed by atoms with E-state index >= 15 is 0 Å². The number of carboxylic acids is 2. The number of carbonyl (C=O) groups is 4. The molecule has 0 amide bonds. The largest absolute Gasteiger partial charge is 0.478 e. The van der Waals surface area contributed by atoms with Crippen LogP contribution in [0.2, 0.25) is 0 Å². The Morgan fingerprint density at radius 2 is 0.923 bits per heavy atom. The fourth-order valence-electron chi connectivity index (χ4n) is 4.92. The summed E-state index contributed by atoms with van der Waals surface area (Å²) in [6, 6.07) is 19.0. The minimum Gasteiger partial charge on any atom is -0.478 e. The zero-order chi connectivity index (χ0) is 27.3. The molecule has 2 aromatic heterocycles. The highest BCUT2D eigenvalue weighted by Gasteiger charge is 2.28. The van der Waals surface area contributed by atoms with Gasteiger partial charge in [0.05, 0.1) is 33.3 Å². The molecule has 0 spiro atoms. The van der Waals surface area contributed by atoms with Gasteiger partial charge in [-0.05, 0) is 57.9 Å². The molecule has 6 rings (SSSR count). The molecule has 0 saturated carbocycles. The minimum absolute atomic E-state index is 0.252. The predicted octanol–water partition coefficient (Wildman–Crippen LogP) is 5.48. The highest BCUT2D eigenvalue weighted by atomic mass is 16.6. The van der Waals surface area contributed by atoms with Gasteiger partial charge in [-0.2, -0.15) is 0 Å². The molecule has 0 aliphatic heterocycles. The summed E-state index contributed by atoms with van der Waals surface area (Å²) in [6.45, 7) is 0. The Morgan fingerprint density at radius 1 is 0.513 bits per heavy atom. The zero-order valence-corrected chi connectivity index (χ0v) is 19.9. The van der Waals surface area contributed by atoms with E-state index < -0.39 is 23.9 Å². The Morgan fingerprint density at radius 3 is 1.33 bits per heavy atom. The summed E-state index contributed by atoms with van der Waals surface area (Å²) in [5, 5.41) is 22.6. The number of aromatic nitrogens is 2. The summed E-state index contributed by atoms with van der Waals surface area (Å²) >= 11 is 0. The van der Waals surface area contributed by atoms with Crippen molar-refractivity contribution in [2.45, 2.75) is 0 Å². The number of pyridine rings is 2. The molecule has 0 aliphatic carbocycles. The maximum atomic E-state index is 13.5. The molecule has 4 aromatic carbocycles. The van der Waals surface area contributed by atoms with Crippen molar-refractivity contribution in [3.63, 3.8) is 0 Å². The molecule has 0 fully saturated rings. The molecular formula is C30H16N2O7. The first-order valence-corrected chi connectivity index (χ1v) is 11.7. The van der Waals surface area contributed by atoms with Gasteiger partial charge in [0.1, 0.15) is 0 Å². The smallest absolute Gasteiger partial charge is 0.347 e. The standard InChI is InChI=1S/C30H16N2O7/c33-27(34)21-7-5-15-17-3-1-13-31-23(17)11-9-19(15)25(21)29(37)39-30(38)26-20-10-12-24-18(4-2-14-32-24)16(20)6-8-22(26)28(35)36/h1-14H,(H,33,34)(H,35,36). The van der Waals surface area contributed by atoms with Gasteiger partial charge in [0.15, 0.2) is 0 Å². The van der Waals surface area contributed by atoms with E-state index in [1.54, 1.807) is 60.9 Å². The number of aromatic carboxylic acids is 2. The van der Waals surface area contributed by atoms with Gasteiger partial charge in [-0.1, -0.05) is 36.4 Å². The molecule has 2 N–H and O–H groups in total. The molecular weight excluding hydrogens is 500 g/mol. The number of carbonyl (C=O) groups excluding carboxylic acids is 2. The van der Waals surface area contributed by atoms with Crippen LogP contribution in [0.4, 0.5) is 0 Å². The van der Waals surface area contributed by atoms with Gasteiger partial charge in [-0.15, -0.1) is 0 Å². The molecule has 0 aliphatic rings. The van der Waals surface area contributed by atoms with E-state index in [1.807, 2.05) is 0 Å². The van der Waals surface area contributed by atoms with Gasteiger partial charge >= 0.3 is 23.9 Å². The number of esters is 2. The first-order valence-electron chi connectivity index (χ1n) is 11.7.